The van der Waals surface area contributed by atoms with E-state index < -0.39 is 11.6 Å². The SMILES string of the molecule is [N-]=[N+]=Nc1ccccc1C[C@@]1(C(=O)NC2CCC(O)CC2)N=C(c2ccc(OCCCO)cc2)O[C@@H]1c1ccccc1. The highest BCUT2D eigenvalue weighted by Gasteiger charge is 2.54. The molecule has 0 aromatic heterocycles. The maximum absolute atomic E-state index is 14.4. The molecule has 0 saturated heterocycles. The van der Waals surface area contributed by atoms with Gasteiger partial charge in [-0.15, -0.1) is 0 Å². The van der Waals surface area contributed by atoms with Crippen LogP contribution in [0.25, 0.3) is 10.4 Å². The molecule has 3 aromatic rings. The Hall–Kier alpha value is -4.37. The highest BCUT2D eigenvalue weighted by molar-refractivity contribution is 6.01. The summed E-state index contributed by atoms with van der Waals surface area (Å²) in [6.45, 7) is 0.452. The largest absolute Gasteiger partial charge is 0.494 e. The number of nitrogens with zero attached hydrogens (tertiary/aromatic N) is 4. The zero-order valence-electron chi connectivity index (χ0n) is 23.3. The molecule has 3 N–H and O–H groups in total. The molecule has 2 aliphatic rings. The topological polar surface area (TPSA) is 149 Å². The van der Waals surface area contributed by atoms with Gasteiger partial charge in [-0.1, -0.05) is 59.7 Å². The Bertz CT molecular complexity index is 1430. The van der Waals surface area contributed by atoms with E-state index in [0.717, 1.165) is 5.56 Å². The lowest BCUT2D eigenvalue weighted by atomic mass is 9.81. The van der Waals surface area contributed by atoms with Crippen LogP contribution in [0.4, 0.5) is 5.69 Å². The van der Waals surface area contributed by atoms with Crippen LogP contribution >= 0.6 is 0 Å². The maximum atomic E-state index is 14.4. The van der Waals surface area contributed by atoms with E-state index in [1.807, 2.05) is 54.6 Å². The molecule has 0 radical (unpaired) electrons. The van der Waals surface area contributed by atoms with Gasteiger partial charge < -0.3 is 25.0 Å². The van der Waals surface area contributed by atoms with Crippen molar-refractivity contribution in [2.45, 2.75) is 62.3 Å². The summed E-state index contributed by atoms with van der Waals surface area (Å²) < 4.78 is 12.2. The van der Waals surface area contributed by atoms with Crippen LogP contribution in [0.1, 0.15) is 54.9 Å². The summed E-state index contributed by atoms with van der Waals surface area (Å²) >= 11 is 0. The molecule has 218 valence electrons. The number of aliphatic hydroxyl groups excluding tert-OH is 2. The molecular formula is C32H35N5O5. The molecule has 1 heterocycles. The van der Waals surface area contributed by atoms with Crippen LogP contribution in [0.2, 0.25) is 0 Å². The fourth-order valence-electron chi connectivity index (χ4n) is 5.54. The maximum Gasteiger partial charge on any atom is 0.252 e. The molecule has 3 aromatic carbocycles. The normalized spacial score (nSPS) is 23.3. The van der Waals surface area contributed by atoms with Crippen molar-refractivity contribution in [1.82, 2.24) is 5.32 Å². The first-order valence-corrected chi connectivity index (χ1v) is 14.3. The smallest absolute Gasteiger partial charge is 0.252 e. The van der Waals surface area contributed by atoms with Crippen molar-refractivity contribution in [3.63, 3.8) is 0 Å². The summed E-state index contributed by atoms with van der Waals surface area (Å²) in [7, 11) is 0. The van der Waals surface area contributed by atoms with E-state index in [2.05, 4.69) is 15.3 Å². The first-order valence-electron chi connectivity index (χ1n) is 14.3. The van der Waals surface area contributed by atoms with Crippen molar-refractivity contribution in [3.8, 4) is 5.75 Å². The number of carbonyl (C=O) groups excluding carboxylic acids is 1. The van der Waals surface area contributed by atoms with Gasteiger partial charge >= 0.3 is 0 Å². The summed E-state index contributed by atoms with van der Waals surface area (Å²) in [6.07, 6.45) is 2.14. The van der Waals surface area contributed by atoms with Crippen LogP contribution in [0.3, 0.4) is 0 Å². The Labute approximate surface area is 244 Å². The Morgan fingerprint density at radius 2 is 1.76 bits per heavy atom. The second-order valence-corrected chi connectivity index (χ2v) is 10.7. The van der Waals surface area contributed by atoms with Gasteiger partial charge in [-0.3, -0.25) is 4.79 Å². The molecule has 1 amide bonds. The highest BCUT2D eigenvalue weighted by atomic mass is 16.5. The number of azide groups is 1. The van der Waals surface area contributed by atoms with E-state index in [9.17, 15) is 15.4 Å². The molecule has 0 spiro atoms. The number of aliphatic hydroxyl groups is 2. The minimum atomic E-state index is -1.41. The average molecular weight is 570 g/mol. The van der Waals surface area contributed by atoms with Crippen LogP contribution in [0, 0.1) is 0 Å². The molecule has 1 fully saturated rings. The number of nitrogens with one attached hydrogen (secondary N) is 1. The zero-order valence-corrected chi connectivity index (χ0v) is 23.3. The molecule has 0 unspecified atom stereocenters. The lowest BCUT2D eigenvalue weighted by Crippen LogP contribution is -2.53. The van der Waals surface area contributed by atoms with Gasteiger partial charge in [0, 0.05) is 41.7 Å². The van der Waals surface area contributed by atoms with E-state index in [4.69, 9.17) is 19.6 Å². The summed E-state index contributed by atoms with van der Waals surface area (Å²) in [5, 5.41) is 26.2. The molecule has 0 bridgehead atoms. The van der Waals surface area contributed by atoms with Crippen molar-refractivity contribution < 1.29 is 24.5 Å². The third kappa shape index (κ3) is 6.57. The number of hydrogen-bond acceptors (Lipinski definition) is 7. The van der Waals surface area contributed by atoms with Gasteiger partial charge in [-0.05, 0) is 66.6 Å². The first-order chi connectivity index (χ1) is 20.5. The van der Waals surface area contributed by atoms with E-state index in [0.29, 0.717) is 67.2 Å². The fraction of sp³-hybridized carbons (Fsp3) is 0.375. The Kier molecular flexibility index (Phi) is 9.38. The standard InChI is InChI=1S/C32H35N5O5/c33-37-36-28-10-5-4-9-24(28)21-32(31(40)34-25-13-15-26(39)16-14-25)29(22-7-2-1-3-8-22)42-30(35-32)23-11-17-27(18-12-23)41-20-6-19-38/h1-5,7-12,17-18,25-26,29,38-39H,6,13-16,19-21H2,(H,34,40)/t25?,26?,29-,32-/m1/s1. The number of rotatable bonds is 11. The van der Waals surface area contributed by atoms with Gasteiger partial charge in [-0.25, -0.2) is 4.99 Å². The monoisotopic (exact) mass is 569 g/mol. The Balaban J connectivity index is 1.57. The fourth-order valence-corrected chi connectivity index (χ4v) is 5.54. The highest BCUT2D eigenvalue weighted by Crippen LogP contribution is 2.44. The molecule has 42 heavy (non-hydrogen) atoms. The second-order valence-electron chi connectivity index (χ2n) is 10.7. The van der Waals surface area contributed by atoms with E-state index in [-0.39, 0.29) is 31.1 Å². The summed E-state index contributed by atoms with van der Waals surface area (Å²) in [5.74, 6) is 0.686. The summed E-state index contributed by atoms with van der Waals surface area (Å²) in [5.41, 5.74) is 10.4. The van der Waals surface area contributed by atoms with Crippen molar-refractivity contribution in [2.24, 2.45) is 10.1 Å². The molecular weight excluding hydrogens is 534 g/mol. The van der Waals surface area contributed by atoms with Gasteiger partial charge in [0.05, 0.1) is 12.7 Å². The molecule has 5 rings (SSSR count). The minimum Gasteiger partial charge on any atom is -0.494 e. The molecule has 1 aliphatic carbocycles. The van der Waals surface area contributed by atoms with Gasteiger partial charge in [-0.2, -0.15) is 0 Å². The molecule has 1 saturated carbocycles. The van der Waals surface area contributed by atoms with E-state index in [1.165, 1.54) is 0 Å². The van der Waals surface area contributed by atoms with Gasteiger partial charge in [0.2, 0.25) is 5.90 Å². The van der Waals surface area contributed by atoms with Crippen molar-refractivity contribution in [1.29, 1.82) is 0 Å². The lowest BCUT2D eigenvalue weighted by molar-refractivity contribution is -0.130. The summed E-state index contributed by atoms with van der Waals surface area (Å²) in [6, 6.07) is 23.9. The number of aliphatic imine (C=N–C) groups is 1. The van der Waals surface area contributed by atoms with Gasteiger partial charge in [0.25, 0.3) is 5.91 Å². The van der Waals surface area contributed by atoms with Gasteiger partial charge in [0.15, 0.2) is 11.6 Å². The molecule has 10 nitrogen and oxygen atoms in total. The van der Waals surface area contributed by atoms with Crippen LogP contribution in [0.15, 0.2) is 89.0 Å². The van der Waals surface area contributed by atoms with Crippen molar-refractivity contribution in [2.75, 3.05) is 13.2 Å². The number of hydrogen-bond donors (Lipinski definition) is 3. The van der Waals surface area contributed by atoms with Crippen LogP contribution in [-0.2, 0) is 16.0 Å². The van der Waals surface area contributed by atoms with Crippen LogP contribution in [0.5, 0.6) is 5.75 Å². The number of benzene rings is 3. The quantitative estimate of drug-likeness (QED) is 0.124. The van der Waals surface area contributed by atoms with Crippen LogP contribution in [-0.4, -0.2) is 52.9 Å². The van der Waals surface area contributed by atoms with Crippen molar-refractivity contribution >= 4 is 17.5 Å². The number of ether oxygens (including phenoxy) is 2. The predicted octanol–water partition coefficient (Wildman–Crippen LogP) is 5.31. The third-order valence-electron chi connectivity index (χ3n) is 7.77. The second kappa shape index (κ2) is 13.5. The Morgan fingerprint density at radius 3 is 2.48 bits per heavy atom. The first kappa shape index (κ1) is 29.1. The lowest BCUT2D eigenvalue weighted by Gasteiger charge is -2.34. The number of carbonyl (C=O) groups is 1. The average Bonchev–Trinajstić information content (AvgIpc) is 3.41. The molecule has 10 heteroatoms. The zero-order chi connectivity index (χ0) is 29.4. The minimum absolute atomic E-state index is 0.0536. The van der Waals surface area contributed by atoms with E-state index >= 15 is 0 Å². The van der Waals surface area contributed by atoms with Gasteiger partial charge in [0.1, 0.15) is 5.75 Å². The Morgan fingerprint density at radius 1 is 1.05 bits per heavy atom. The summed E-state index contributed by atoms with van der Waals surface area (Å²) in [4.78, 5) is 22.5. The third-order valence-corrected chi connectivity index (χ3v) is 7.77. The predicted molar refractivity (Wildman–Crippen MR) is 159 cm³/mol. The molecule has 1 aliphatic heterocycles. The van der Waals surface area contributed by atoms with Crippen LogP contribution < -0.4 is 10.1 Å². The molecule has 2 atom stereocenters. The van der Waals surface area contributed by atoms with Crippen molar-refractivity contribution in [3.05, 3.63) is 106 Å². The number of amides is 1. The van der Waals surface area contributed by atoms with E-state index in [1.54, 1.807) is 24.3 Å².